The Bertz CT molecular complexity index is 1230. The predicted molar refractivity (Wildman–Crippen MR) is 150 cm³/mol. The number of carbonyl (C=O) groups excluding carboxylic acids is 1. The predicted octanol–water partition coefficient (Wildman–Crippen LogP) is 4.18. The van der Waals surface area contributed by atoms with E-state index in [9.17, 15) is 18.3 Å². The van der Waals surface area contributed by atoms with E-state index >= 15 is 0 Å². The summed E-state index contributed by atoms with van der Waals surface area (Å²) in [4.78, 5) is 14.3. The summed E-state index contributed by atoms with van der Waals surface area (Å²) in [5, 5.41) is 17.2. The van der Waals surface area contributed by atoms with Crippen LogP contribution in [0.3, 0.4) is 0 Å². The van der Waals surface area contributed by atoms with Gasteiger partial charge in [-0.15, -0.1) is 11.3 Å². The van der Waals surface area contributed by atoms with Crippen molar-refractivity contribution in [2.24, 2.45) is 0 Å². The molecule has 10 heteroatoms. The number of nitrogens with zero attached hydrogens (tertiary/aromatic N) is 1. The fourth-order valence-electron chi connectivity index (χ4n) is 3.73. The largest absolute Gasteiger partial charge is 0.390 e. The number of anilines is 1. The van der Waals surface area contributed by atoms with Crippen molar-refractivity contribution in [2.75, 3.05) is 23.7 Å². The maximum Gasteiger partial charge on any atom is 0.251 e. The van der Waals surface area contributed by atoms with Crippen LogP contribution in [0.1, 0.15) is 34.1 Å². The molecule has 2 atom stereocenters. The zero-order valence-electron chi connectivity index (χ0n) is 20.4. The van der Waals surface area contributed by atoms with Gasteiger partial charge in [-0.3, -0.25) is 9.10 Å². The lowest BCUT2D eigenvalue weighted by Gasteiger charge is -2.25. The van der Waals surface area contributed by atoms with Gasteiger partial charge in [-0.25, -0.2) is 8.42 Å². The molecule has 0 aliphatic carbocycles. The molecule has 0 aliphatic rings. The zero-order chi connectivity index (χ0) is 26.1. The smallest absolute Gasteiger partial charge is 0.251 e. The third-order valence-corrected chi connectivity index (χ3v) is 9.31. The van der Waals surface area contributed by atoms with Crippen molar-refractivity contribution in [1.29, 1.82) is 0 Å². The highest BCUT2D eigenvalue weighted by Crippen LogP contribution is 2.22. The summed E-state index contributed by atoms with van der Waals surface area (Å²) in [7, 11) is -1.98. The number of benzene rings is 2. The summed E-state index contributed by atoms with van der Waals surface area (Å²) < 4.78 is 27.2. The average Bonchev–Trinajstić information content (AvgIpc) is 3.28. The third-order valence-electron chi connectivity index (χ3n) is 5.71. The highest BCUT2D eigenvalue weighted by Gasteiger charge is 2.24. The SMILES string of the molecule is CCCS(=O)(=O)N(C)c1cccc(C(=O)N[C@@H](Cc2ccccc2)[C@H](O)CNCc2ccc(Br)s2)c1. The van der Waals surface area contributed by atoms with Crippen LogP contribution in [0.25, 0.3) is 0 Å². The van der Waals surface area contributed by atoms with E-state index in [1.54, 1.807) is 35.6 Å². The second-order valence-corrected chi connectivity index (χ2v) is 13.2. The molecule has 36 heavy (non-hydrogen) atoms. The molecule has 3 aromatic rings. The van der Waals surface area contributed by atoms with Crippen LogP contribution < -0.4 is 14.9 Å². The number of aliphatic hydroxyl groups is 1. The number of amides is 1. The lowest BCUT2D eigenvalue weighted by Crippen LogP contribution is -2.48. The quantitative estimate of drug-likeness (QED) is 0.276. The molecule has 1 aromatic heterocycles. The first-order valence-corrected chi connectivity index (χ1v) is 15.0. The van der Waals surface area contributed by atoms with E-state index in [2.05, 4.69) is 26.6 Å². The third kappa shape index (κ3) is 8.14. The Morgan fingerprint density at radius 1 is 1.11 bits per heavy atom. The van der Waals surface area contributed by atoms with Gasteiger partial charge in [-0.1, -0.05) is 43.3 Å². The average molecular weight is 595 g/mol. The zero-order valence-corrected chi connectivity index (χ0v) is 23.6. The molecule has 0 saturated carbocycles. The maximum atomic E-state index is 13.2. The molecule has 1 heterocycles. The van der Waals surface area contributed by atoms with Crippen LogP contribution in [0.5, 0.6) is 0 Å². The Morgan fingerprint density at radius 2 is 1.86 bits per heavy atom. The minimum atomic E-state index is -3.46. The highest BCUT2D eigenvalue weighted by molar-refractivity contribution is 9.11. The van der Waals surface area contributed by atoms with Gasteiger partial charge in [-0.2, -0.15) is 0 Å². The van der Waals surface area contributed by atoms with Gasteiger partial charge in [0.15, 0.2) is 0 Å². The van der Waals surface area contributed by atoms with Gasteiger partial charge >= 0.3 is 0 Å². The lowest BCUT2D eigenvalue weighted by atomic mass is 10.0. The topological polar surface area (TPSA) is 98.7 Å². The summed E-state index contributed by atoms with van der Waals surface area (Å²) >= 11 is 5.08. The van der Waals surface area contributed by atoms with Crippen LogP contribution in [0.15, 0.2) is 70.5 Å². The molecule has 0 radical (unpaired) electrons. The summed E-state index contributed by atoms with van der Waals surface area (Å²) in [6.07, 6.45) is 0.113. The number of thiophene rings is 1. The van der Waals surface area contributed by atoms with E-state index in [0.717, 1.165) is 14.2 Å². The van der Waals surface area contributed by atoms with Crippen molar-refractivity contribution >= 4 is 48.9 Å². The maximum absolute atomic E-state index is 13.2. The molecule has 0 spiro atoms. The second-order valence-electron chi connectivity index (χ2n) is 8.51. The lowest BCUT2D eigenvalue weighted by molar-refractivity contribution is 0.0830. The summed E-state index contributed by atoms with van der Waals surface area (Å²) in [5.74, 6) is -0.346. The molecule has 3 rings (SSSR count). The van der Waals surface area contributed by atoms with E-state index < -0.39 is 22.2 Å². The highest BCUT2D eigenvalue weighted by atomic mass is 79.9. The van der Waals surface area contributed by atoms with Crippen molar-refractivity contribution in [2.45, 2.75) is 38.5 Å². The molecule has 0 aliphatic heterocycles. The number of aliphatic hydroxyl groups excluding tert-OH is 1. The van der Waals surface area contributed by atoms with Crippen LogP contribution in [-0.2, 0) is 23.0 Å². The minimum absolute atomic E-state index is 0.0285. The molecule has 7 nitrogen and oxygen atoms in total. The van der Waals surface area contributed by atoms with Gasteiger partial charge in [-0.05, 0) is 64.7 Å². The number of carbonyl (C=O) groups is 1. The fourth-order valence-corrected chi connectivity index (χ4v) is 6.41. The van der Waals surface area contributed by atoms with Crippen molar-refractivity contribution in [3.8, 4) is 0 Å². The van der Waals surface area contributed by atoms with Crippen molar-refractivity contribution < 1.29 is 18.3 Å². The second kappa shape index (κ2) is 13.3. The first kappa shape index (κ1) is 28.3. The minimum Gasteiger partial charge on any atom is -0.390 e. The Morgan fingerprint density at radius 3 is 2.53 bits per heavy atom. The molecule has 0 fully saturated rings. The monoisotopic (exact) mass is 593 g/mol. The number of sulfonamides is 1. The van der Waals surface area contributed by atoms with Crippen molar-refractivity contribution in [3.05, 3.63) is 86.5 Å². The number of nitrogens with one attached hydrogen (secondary N) is 2. The standard InChI is InChI=1S/C26H32BrN3O4S2/c1-3-14-36(33,34)30(2)21-11-7-10-20(16-21)26(32)29-23(15-19-8-5-4-6-9-19)24(31)18-28-17-22-12-13-25(27)35-22/h4-13,16,23-24,28,31H,3,14-15,17-18H2,1-2H3,(H,29,32)/t23-,24+/m0/s1. The van der Waals surface area contributed by atoms with Crippen LogP contribution in [-0.4, -0.2) is 50.9 Å². The first-order chi connectivity index (χ1) is 17.2. The van der Waals surface area contributed by atoms with E-state index in [1.807, 2.05) is 49.4 Å². The summed E-state index contributed by atoms with van der Waals surface area (Å²) in [6.45, 7) is 2.72. The molecule has 0 saturated heterocycles. The van der Waals surface area contributed by atoms with E-state index in [1.165, 1.54) is 11.4 Å². The van der Waals surface area contributed by atoms with E-state index in [-0.39, 0.29) is 11.7 Å². The molecule has 2 aromatic carbocycles. The van der Waals surface area contributed by atoms with Gasteiger partial charge in [0.1, 0.15) is 0 Å². The van der Waals surface area contributed by atoms with Crippen LogP contribution in [0, 0.1) is 0 Å². The molecule has 0 unspecified atom stereocenters. The Hall–Kier alpha value is -2.24. The molecular formula is C26H32BrN3O4S2. The van der Waals surface area contributed by atoms with Crippen molar-refractivity contribution in [1.82, 2.24) is 10.6 Å². The number of rotatable bonds is 13. The van der Waals surface area contributed by atoms with Gasteiger partial charge in [0.05, 0.1) is 27.4 Å². The first-order valence-electron chi connectivity index (χ1n) is 11.7. The number of hydrogen-bond acceptors (Lipinski definition) is 6. The molecule has 194 valence electrons. The molecule has 0 bridgehead atoms. The summed E-state index contributed by atoms with van der Waals surface area (Å²) in [6, 6.07) is 19.6. The van der Waals surface area contributed by atoms with Gasteiger partial charge < -0.3 is 15.7 Å². The molecular weight excluding hydrogens is 562 g/mol. The normalized spacial score (nSPS) is 13.2. The summed E-state index contributed by atoms with van der Waals surface area (Å²) in [5.41, 5.74) is 1.73. The Labute approximate surface area is 225 Å². The Kier molecular flexibility index (Phi) is 10.5. The molecule has 3 N–H and O–H groups in total. The van der Waals surface area contributed by atoms with Crippen LogP contribution >= 0.6 is 27.3 Å². The van der Waals surface area contributed by atoms with Gasteiger partial charge in [0.2, 0.25) is 10.0 Å². The van der Waals surface area contributed by atoms with Crippen molar-refractivity contribution in [3.63, 3.8) is 0 Å². The Balaban J connectivity index is 1.72. The van der Waals surface area contributed by atoms with E-state index in [0.29, 0.717) is 37.2 Å². The van der Waals surface area contributed by atoms with Gasteiger partial charge in [0.25, 0.3) is 5.91 Å². The van der Waals surface area contributed by atoms with Gasteiger partial charge in [0, 0.05) is 30.6 Å². The van der Waals surface area contributed by atoms with Crippen LogP contribution in [0.2, 0.25) is 0 Å². The van der Waals surface area contributed by atoms with Crippen LogP contribution in [0.4, 0.5) is 5.69 Å². The fraction of sp³-hybridized carbons (Fsp3) is 0.346. The molecule has 1 amide bonds. The number of halogens is 1. The van der Waals surface area contributed by atoms with E-state index in [4.69, 9.17) is 0 Å². The number of hydrogen-bond donors (Lipinski definition) is 3.